The Morgan fingerprint density at radius 3 is 2.83 bits per heavy atom. The molecule has 94 valence electrons. The number of carbonyl (C=O) groups is 1. The number of imidazole rings is 1. The zero-order chi connectivity index (χ0) is 13.3. The first kappa shape index (κ1) is 12.1. The molecule has 0 radical (unpaired) electrons. The summed E-state index contributed by atoms with van der Waals surface area (Å²) in [4.78, 5) is 15.5. The van der Waals surface area contributed by atoms with Crippen LogP contribution in [0.4, 0.5) is 10.2 Å². The number of anilines is 1. The van der Waals surface area contributed by atoms with E-state index in [2.05, 4.69) is 9.72 Å². The van der Waals surface area contributed by atoms with Crippen molar-refractivity contribution >= 4 is 11.8 Å². The molecule has 0 unspecified atom stereocenters. The van der Waals surface area contributed by atoms with Gasteiger partial charge in [0.15, 0.2) is 5.69 Å². The van der Waals surface area contributed by atoms with Crippen LogP contribution in [-0.4, -0.2) is 22.6 Å². The van der Waals surface area contributed by atoms with E-state index in [-0.39, 0.29) is 17.3 Å². The highest BCUT2D eigenvalue weighted by atomic mass is 19.1. The number of esters is 1. The fourth-order valence-electron chi connectivity index (χ4n) is 1.74. The maximum Gasteiger partial charge on any atom is 0.360 e. The number of aryl methyl sites for hydroxylation is 1. The van der Waals surface area contributed by atoms with E-state index >= 15 is 0 Å². The number of nitrogens with zero attached hydrogens (tertiary/aromatic N) is 2. The lowest BCUT2D eigenvalue weighted by Crippen LogP contribution is -2.07. The van der Waals surface area contributed by atoms with Crippen LogP contribution in [-0.2, 0) is 4.74 Å². The molecule has 6 heteroatoms. The highest BCUT2D eigenvalue weighted by Gasteiger charge is 2.20. The molecule has 0 fully saturated rings. The van der Waals surface area contributed by atoms with Crippen molar-refractivity contribution in [2.75, 3.05) is 12.8 Å². The molecule has 1 aromatic heterocycles. The first-order valence-corrected chi connectivity index (χ1v) is 5.23. The number of halogens is 1. The summed E-state index contributed by atoms with van der Waals surface area (Å²) in [7, 11) is 1.25. The lowest BCUT2D eigenvalue weighted by atomic mass is 10.3. The van der Waals surface area contributed by atoms with Gasteiger partial charge in [0.25, 0.3) is 0 Å². The van der Waals surface area contributed by atoms with Gasteiger partial charge >= 0.3 is 5.97 Å². The minimum Gasteiger partial charge on any atom is -0.464 e. The van der Waals surface area contributed by atoms with Gasteiger partial charge in [-0.2, -0.15) is 0 Å². The third-order valence-corrected chi connectivity index (χ3v) is 2.53. The number of nitrogens with two attached hydrogens (primary N) is 1. The Morgan fingerprint density at radius 2 is 2.22 bits per heavy atom. The Hall–Kier alpha value is -2.37. The van der Waals surface area contributed by atoms with E-state index < -0.39 is 5.97 Å². The Labute approximate surface area is 103 Å². The Balaban J connectivity index is 2.59. The summed E-state index contributed by atoms with van der Waals surface area (Å²) in [6.07, 6.45) is 0. The van der Waals surface area contributed by atoms with Crippen molar-refractivity contribution < 1.29 is 13.9 Å². The lowest BCUT2D eigenvalue weighted by molar-refractivity contribution is 0.0596. The summed E-state index contributed by atoms with van der Waals surface area (Å²) in [6, 6.07) is 5.87. The zero-order valence-corrected chi connectivity index (χ0v) is 9.98. The van der Waals surface area contributed by atoms with E-state index in [0.717, 1.165) is 0 Å². The van der Waals surface area contributed by atoms with Gasteiger partial charge in [-0.3, -0.25) is 4.57 Å². The molecule has 0 aliphatic heterocycles. The molecule has 0 aliphatic rings. The van der Waals surface area contributed by atoms with Gasteiger partial charge in [-0.1, -0.05) is 6.07 Å². The molecule has 5 nitrogen and oxygen atoms in total. The third-order valence-electron chi connectivity index (χ3n) is 2.53. The normalized spacial score (nSPS) is 10.4. The fourth-order valence-corrected chi connectivity index (χ4v) is 1.74. The summed E-state index contributed by atoms with van der Waals surface area (Å²) in [5.41, 5.74) is 6.37. The average molecular weight is 249 g/mol. The lowest BCUT2D eigenvalue weighted by Gasteiger charge is -2.07. The number of rotatable bonds is 2. The number of nitrogen functional groups attached to an aromatic ring is 1. The molecule has 2 aromatic rings. The molecule has 0 spiro atoms. The van der Waals surface area contributed by atoms with Gasteiger partial charge in [0.2, 0.25) is 0 Å². The van der Waals surface area contributed by atoms with Crippen LogP contribution in [0.25, 0.3) is 5.69 Å². The maximum absolute atomic E-state index is 13.2. The number of hydrogen-bond donors (Lipinski definition) is 1. The van der Waals surface area contributed by atoms with Crippen LogP contribution in [0.1, 0.15) is 16.3 Å². The SMILES string of the molecule is COC(=O)c1nc(C)n(-c2cccc(F)c2)c1N. The molecule has 2 N–H and O–H groups in total. The average Bonchev–Trinajstić information content (AvgIpc) is 2.64. The van der Waals surface area contributed by atoms with Crippen LogP contribution in [0.2, 0.25) is 0 Å². The Kier molecular flexibility index (Phi) is 3.01. The summed E-state index contributed by atoms with van der Waals surface area (Å²) in [5, 5.41) is 0. The van der Waals surface area contributed by atoms with Crippen molar-refractivity contribution in [1.82, 2.24) is 9.55 Å². The number of benzene rings is 1. The van der Waals surface area contributed by atoms with Crippen LogP contribution in [0.15, 0.2) is 24.3 Å². The highest BCUT2D eigenvalue weighted by molar-refractivity contribution is 5.92. The molecule has 0 atom stereocenters. The molecule has 0 bridgehead atoms. The first-order valence-electron chi connectivity index (χ1n) is 5.23. The summed E-state index contributed by atoms with van der Waals surface area (Å²) in [5.74, 6) is -0.395. The van der Waals surface area contributed by atoms with E-state index in [1.54, 1.807) is 19.1 Å². The van der Waals surface area contributed by atoms with Crippen LogP contribution >= 0.6 is 0 Å². The Morgan fingerprint density at radius 1 is 1.50 bits per heavy atom. The Bertz CT molecular complexity index is 607. The minimum atomic E-state index is -0.620. The maximum atomic E-state index is 13.2. The van der Waals surface area contributed by atoms with E-state index in [1.165, 1.54) is 23.8 Å². The smallest absolute Gasteiger partial charge is 0.360 e. The molecule has 18 heavy (non-hydrogen) atoms. The van der Waals surface area contributed by atoms with Crippen LogP contribution in [0, 0.1) is 12.7 Å². The van der Waals surface area contributed by atoms with Crippen molar-refractivity contribution in [3.8, 4) is 5.69 Å². The van der Waals surface area contributed by atoms with Gasteiger partial charge in [0, 0.05) is 0 Å². The fraction of sp³-hybridized carbons (Fsp3) is 0.167. The molecule has 0 amide bonds. The van der Waals surface area contributed by atoms with E-state index in [0.29, 0.717) is 11.5 Å². The second kappa shape index (κ2) is 4.48. The van der Waals surface area contributed by atoms with Crippen LogP contribution in [0.3, 0.4) is 0 Å². The van der Waals surface area contributed by atoms with Crippen LogP contribution < -0.4 is 5.73 Å². The van der Waals surface area contributed by atoms with Gasteiger partial charge < -0.3 is 10.5 Å². The quantitative estimate of drug-likeness (QED) is 0.822. The predicted molar refractivity (Wildman–Crippen MR) is 64.0 cm³/mol. The molecule has 0 saturated carbocycles. The van der Waals surface area contributed by atoms with Crippen molar-refractivity contribution in [1.29, 1.82) is 0 Å². The third kappa shape index (κ3) is 1.92. The number of hydrogen-bond acceptors (Lipinski definition) is 4. The molecular weight excluding hydrogens is 237 g/mol. The van der Waals surface area contributed by atoms with Crippen molar-refractivity contribution in [3.05, 3.63) is 41.6 Å². The molecule has 2 rings (SSSR count). The van der Waals surface area contributed by atoms with E-state index in [9.17, 15) is 9.18 Å². The minimum absolute atomic E-state index is 0.0271. The van der Waals surface area contributed by atoms with Gasteiger partial charge in [0.05, 0.1) is 12.8 Å². The second-order valence-electron chi connectivity index (χ2n) is 3.70. The van der Waals surface area contributed by atoms with Gasteiger partial charge in [0.1, 0.15) is 17.5 Å². The first-order chi connectivity index (χ1) is 8.54. The van der Waals surface area contributed by atoms with Crippen LogP contribution in [0.5, 0.6) is 0 Å². The molecule has 0 aliphatic carbocycles. The molecule has 1 heterocycles. The number of carbonyl (C=O) groups excluding carboxylic acids is 1. The summed E-state index contributed by atoms with van der Waals surface area (Å²) in [6.45, 7) is 1.67. The number of methoxy groups -OCH3 is 1. The van der Waals surface area contributed by atoms with Crippen molar-refractivity contribution in [3.63, 3.8) is 0 Å². The number of ether oxygens (including phenoxy) is 1. The van der Waals surface area contributed by atoms with E-state index in [4.69, 9.17) is 5.73 Å². The summed E-state index contributed by atoms with van der Waals surface area (Å²) >= 11 is 0. The molecule has 1 aromatic carbocycles. The van der Waals surface area contributed by atoms with Crippen molar-refractivity contribution in [2.24, 2.45) is 0 Å². The van der Waals surface area contributed by atoms with Gasteiger partial charge in [-0.05, 0) is 25.1 Å². The van der Waals surface area contributed by atoms with Gasteiger partial charge in [-0.15, -0.1) is 0 Å². The highest BCUT2D eigenvalue weighted by Crippen LogP contribution is 2.21. The van der Waals surface area contributed by atoms with E-state index in [1.807, 2.05) is 0 Å². The monoisotopic (exact) mass is 249 g/mol. The largest absolute Gasteiger partial charge is 0.464 e. The van der Waals surface area contributed by atoms with Crippen molar-refractivity contribution in [2.45, 2.75) is 6.92 Å². The van der Waals surface area contributed by atoms with Gasteiger partial charge in [-0.25, -0.2) is 14.2 Å². The number of aromatic nitrogens is 2. The molecule has 0 saturated heterocycles. The molecular formula is C12H12FN3O2. The standard InChI is InChI=1S/C12H12FN3O2/c1-7-15-10(12(17)18-2)11(14)16(7)9-5-3-4-8(13)6-9/h3-6H,14H2,1-2H3. The second-order valence-corrected chi connectivity index (χ2v) is 3.70. The zero-order valence-electron chi connectivity index (χ0n) is 9.98. The topological polar surface area (TPSA) is 70.1 Å². The summed E-state index contributed by atoms with van der Waals surface area (Å²) < 4.78 is 19.3. The predicted octanol–water partition coefficient (Wildman–Crippen LogP) is 1.69.